The van der Waals surface area contributed by atoms with Crippen LogP contribution >= 0.6 is 34.7 Å². The lowest BCUT2D eigenvalue weighted by Crippen LogP contribution is -2.06. The van der Waals surface area contributed by atoms with Gasteiger partial charge in [0.2, 0.25) is 5.78 Å². The van der Waals surface area contributed by atoms with Gasteiger partial charge in [-0.3, -0.25) is 4.79 Å². The molecule has 0 atom stereocenters. The number of thioether (sulfide) groups is 1. The smallest absolute Gasteiger partial charge is 0.341 e. The first-order valence-electron chi connectivity index (χ1n) is 9.16. The molecule has 4 nitrogen and oxygen atoms in total. The number of hydrogen-bond acceptors (Lipinski definition) is 5. The molecule has 30 heavy (non-hydrogen) atoms. The molecule has 0 aliphatic rings. The molecule has 3 aromatic heterocycles. The molecule has 150 valence electrons. The highest BCUT2D eigenvalue weighted by molar-refractivity contribution is 8.01. The predicted octanol–water partition coefficient (Wildman–Crippen LogP) is 5.94. The van der Waals surface area contributed by atoms with E-state index in [0.29, 0.717) is 37.7 Å². The average molecular weight is 454 g/mol. The summed E-state index contributed by atoms with van der Waals surface area (Å²) in [6, 6.07) is 12.3. The van der Waals surface area contributed by atoms with Crippen LogP contribution in [-0.2, 0) is 4.74 Å². The molecule has 3 heterocycles. The summed E-state index contributed by atoms with van der Waals surface area (Å²) >= 11 is 8.80. The lowest BCUT2D eigenvalue weighted by molar-refractivity contribution is 0.0531. The van der Waals surface area contributed by atoms with Crippen molar-refractivity contribution in [3.05, 3.63) is 69.7 Å². The molecule has 0 bridgehead atoms. The van der Waals surface area contributed by atoms with Gasteiger partial charge >= 0.3 is 5.97 Å². The zero-order chi connectivity index (χ0) is 21.3. The molecule has 4 rings (SSSR count). The molecule has 0 fully saturated rings. The third-order valence-corrected chi connectivity index (χ3v) is 7.13. The van der Waals surface area contributed by atoms with Crippen molar-refractivity contribution in [2.45, 2.75) is 11.1 Å². The number of ketones is 1. The van der Waals surface area contributed by atoms with Crippen LogP contribution in [0, 0.1) is 12.3 Å². The van der Waals surface area contributed by atoms with Crippen molar-refractivity contribution in [2.24, 2.45) is 0 Å². The van der Waals surface area contributed by atoms with Gasteiger partial charge in [0, 0.05) is 22.2 Å². The maximum atomic E-state index is 13.4. The molecule has 0 amide bonds. The molecular weight excluding hydrogens is 438 g/mol. The number of ether oxygens (including phenoxy) is 1. The molecule has 0 aliphatic heterocycles. The molecule has 0 N–H and O–H groups in total. The largest absolute Gasteiger partial charge is 0.462 e. The quantitative estimate of drug-likeness (QED) is 0.157. The normalized spacial score (nSPS) is 11.0. The second kappa shape index (κ2) is 8.57. The van der Waals surface area contributed by atoms with Gasteiger partial charge < -0.3 is 9.14 Å². The molecule has 0 radical (unpaired) electrons. The molecule has 7 heteroatoms. The topological polar surface area (TPSA) is 47.8 Å². The maximum Gasteiger partial charge on any atom is 0.341 e. The monoisotopic (exact) mass is 453 g/mol. The number of fused-ring (bicyclic) bond motifs is 3. The first-order chi connectivity index (χ1) is 14.6. The second-order valence-electron chi connectivity index (χ2n) is 6.32. The number of carbonyl (C=O) groups is 2. The van der Waals surface area contributed by atoms with Crippen molar-refractivity contribution in [1.29, 1.82) is 0 Å². The van der Waals surface area contributed by atoms with Crippen LogP contribution in [0.1, 0.15) is 32.5 Å². The Morgan fingerprint density at radius 3 is 2.70 bits per heavy atom. The number of halogens is 1. The van der Waals surface area contributed by atoms with Gasteiger partial charge in [-0.05, 0) is 43.3 Å². The maximum absolute atomic E-state index is 13.4. The van der Waals surface area contributed by atoms with Gasteiger partial charge in [-0.15, -0.1) is 29.5 Å². The number of hydrogen-bond donors (Lipinski definition) is 0. The summed E-state index contributed by atoms with van der Waals surface area (Å²) < 4.78 is 8.15. The van der Waals surface area contributed by atoms with E-state index in [-0.39, 0.29) is 12.4 Å². The Hall–Kier alpha value is -2.72. The van der Waals surface area contributed by atoms with E-state index in [9.17, 15) is 9.59 Å². The summed E-state index contributed by atoms with van der Waals surface area (Å²) in [5.74, 6) is 2.46. The minimum Gasteiger partial charge on any atom is -0.462 e. The number of terminal acetylenes is 1. The van der Waals surface area contributed by atoms with E-state index in [1.165, 1.54) is 23.1 Å². The molecule has 4 aromatic rings. The number of nitrogens with zero attached hydrogens (tertiary/aromatic N) is 1. The Labute approximate surface area is 186 Å². The third-order valence-electron chi connectivity index (χ3n) is 4.54. The first-order valence-corrected chi connectivity index (χ1v) is 11.3. The van der Waals surface area contributed by atoms with Gasteiger partial charge in [0.05, 0.1) is 38.0 Å². The molecule has 0 unspecified atom stereocenters. The second-order valence-corrected chi connectivity index (χ2v) is 9.02. The average Bonchev–Trinajstić information content (AvgIpc) is 3.28. The van der Waals surface area contributed by atoms with Crippen molar-refractivity contribution in [3.63, 3.8) is 0 Å². The van der Waals surface area contributed by atoms with Crippen LogP contribution in [0.4, 0.5) is 0 Å². The predicted molar refractivity (Wildman–Crippen MR) is 123 cm³/mol. The van der Waals surface area contributed by atoms with Crippen LogP contribution in [0.3, 0.4) is 0 Å². The van der Waals surface area contributed by atoms with E-state index in [1.807, 2.05) is 28.8 Å². The van der Waals surface area contributed by atoms with E-state index in [1.54, 1.807) is 31.2 Å². The summed E-state index contributed by atoms with van der Waals surface area (Å²) in [6.07, 6.45) is 7.35. The van der Waals surface area contributed by atoms with Gasteiger partial charge in [-0.2, -0.15) is 0 Å². The minimum atomic E-state index is -0.451. The van der Waals surface area contributed by atoms with Gasteiger partial charge in [-0.1, -0.05) is 23.6 Å². The van der Waals surface area contributed by atoms with Crippen LogP contribution in [-0.4, -0.2) is 28.5 Å². The number of carbonyl (C=O) groups excluding carboxylic acids is 2. The summed E-state index contributed by atoms with van der Waals surface area (Å²) in [5.41, 5.74) is 2.40. The van der Waals surface area contributed by atoms with Crippen molar-refractivity contribution >= 4 is 62.9 Å². The van der Waals surface area contributed by atoms with Crippen LogP contribution in [0.25, 0.3) is 16.4 Å². The van der Waals surface area contributed by atoms with E-state index in [4.69, 9.17) is 22.8 Å². The lowest BCUT2D eigenvalue weighted by atomic mass is 10.1. The van der Waals surface area contributed by atoms with Gasteiger partial charge in [0.25, 0.3) is 0 Å². The van der Waals surface area contributed by atoms with Crippen molar-refractivity contribution in [2.75, 3.05) is 12.4 Å². The highest BCUT2D eigenvalue weighted by Gasteiger charge is 2.29. The fourth-order valence-electron chi connectivity index (χ4n) is 3.33. The molecule has 0 saturated carbocycles. The minimum absolute atomic E-state index is 0.171. The van der Waals surface area contributed by atoms with Crippen molar-refractivity contribution in [3.8, 4) is 12.3 Å². The van der Waals surface area contributed by atoms with Gasteiger partial charge in [0.15, 0.2) is 0 Å². The van der Waals surface area contributed by atoms with Crippen LogP contribution < -0.4 is 0 Å². The zero-order valence-corrected chi connectivity index (χ0v) is 18.4. The molecule has 0 spiro atoms. The summed E-state index contributed by atoms with van der Waals surface area (Å²) in [6.45, 7) is 2.00. The highest BCUT2D eigenvalue weighted by atomic mass is 35.5. The number of esters is 1. The van der Waals surface area contributed by atoms with Crippen LogP contribution in [0.15, 0.2) is 52.9 Å². The van der Waals surface area contributed by atoms with Crippen LogP contribution in [0.5, 0.6) is 0 Å². The fraction of sp³-hybridized carbons (Fsp3) is 0.130. The Balaban J connectivity index is 2.04. The number of rotatable bonds is 6. The lowest BCUT2D eigenvalue weighted by Gasteiger charge is -2.04. The van der Waals surface area contributed by atoms with Crippen molar-refractivity contribution < 1.29 is 14.3 Å². The SMILES string of the molecule is C#CCSc1sc(C(=O)c2ccc(Cl)cc2)c2c(C(=O)OCC)c3ccccn3c12. The number of pyridine rings is 1. The Morgan fingerprint density at radius 2 is 2.00 bits per heavy atom. The first kappa shape index (κ1) is 20.5. The molecular formula is C23H16ClNO3S2. The van der Waals surface area contributed by atoms with E-state index < -0.39 is 5.97 Å². The van der Waals surface area contributed by atoms with Gasteiger partial charge in [-0.25, -0.2) is 4.79 Å². The Morgan fingerprint density at radius 1 is 1.23 bits per heavy atom. The summed E-state index contributed by atoms with van der Waals surface area (Å²) in [5, 5.41) is 1.15. The number of thiophene rings is 1. The molecule has 1 aromatic carbocycles. The third kappa shape index (κ3) is 3.50. The Bertz CT molecular complexity index is 1310. The Kier molecular flexibility index (Phi) is 5.87. The highest BCUT2D eigenvalue weighted by Crippen LogP contribution is 2.43. The van der Waals surface area contributed by atoms with Gasteiger partial charge in [0.1, 0.15) is 0 Å². The molecule has 0 aliphatic carbocycles. The molecule has 0 saturated heterocycles. The summed E-state index contributed by atoms with van der Waals surface area (Å²) in [7, 11) is 0. The van der Waals surface area contributed by atoms with E-state index in [2.05, 4.69) is 5.92 Å². The van der Waals surface area contributed by atoms with E-state index >= 15 is 0 Å². The number of benzene rings is 1. The standard InChI is InChI=1S/C23H16ClNO3S2/c1-3-13-29-23-19-18(21(30-23)20(26)14-8-10-15(24)11-9-14)17(22(27)28-4-2)16-7-5-6-12-25(16)19/h1,5-12H,4,13H2,2H3. The fourth-order valence-corrected chi connectivity index (χ4v) is 5.66. The van der Waals surface area contributed by atoms with E-state index in [0.717, 1.165) is 9.73 Å². The number of aromatic nitrogens is 1. The van der Waals surface area contributed by atoms with Crippen molar-refractivity contribution in [1.82, 2.24) is 4.40 Å². The zero-order valence-electron chi connectivity index (χ0n) is 16.0. The summed E-state index contributed by atoms with van der Waals surface area (Å²) in [4.78, 5) is 26.8. The van der Waals surface area contributed by atoms with Crippen LogP contribution in [0.2, 0.25) is 5.02 Å².